The summed E-state index contributed by atoms with van der Waals surface area (Å²) in [5.74, 6) is 0.771. The van der Waals surface area contributed by atoms with Crippen molar-refractivity contribution in [3.8, 4) is 0 Å². The lowest BCUT2D eigenvalue weighted by Gasteiger charge is -2.30. The maximum atomic E-state index is 12.0. The number of carbonyl (C=O) groups excluding carboxylic acids is 1. The molecule has 1 aromatic rings. The summed E-state index contributed by atoms with van der Waals surface area (Å²) in [4.78, 5) is 12.0. The van der Waals surface area contributed by atoms with E-state index in [4.69, 9.17) is 0 Å². The van der Waals surface area contributed by atoms with Crippen LogP contribution in [0.4, 0.5) is 0 Å². The first-order valence-electron chi connectivity index (χ1n) is 6.02. The molecule has 0 saturated carbocycles. The van der Waals surface area contributed by atoms with Crippen molar-refractivity contribution in [2.45, 2.75) is 31.9 Å². The molecule has 0 heterocycles. The fourth-order valence-corrected chi connectivity index (χ4v) is 2.14. The largest absolute Gasteiger partial charge is 0.388 e. The molecule has 0 saturated heterocycles. The van der Waals surface area contributed by atoms with Crippen molar-refractivity contribution < 1.29 is 9.90 Å². The molecule has 4 heteroatoms. The van der Waals surface area contributed by atoms with E-state index in [1.165, 1.54) is 0 Å². The molecule has 0 unspecified atom stereocenters. The minimum atomic E-state index is -0.916. The minimum absolute atomic E-state index is 0.135. The van der Waals surface area contributed by atoms with E-state index in [2.05, 4.69) is 5.32 Å². The molecule has 1 rings (SSSR count). The van der Waals surface area contributed by atoms with Gasteiger partial charge in [0.2, 0.25) is 0 Å². The second-order valence-corrected chi connectivity index (χ2v) is 5.81. The van der Waals surface area contributed by atoms with Crippen molar-refractivity contribution in [3.05, 3.63) is 35.9 Å². The van der Waals surface area contributed by atoms with Gasteiger partial charge in [0.05, 0.1) is 11.6 Å². The molecule has 1 amide bonds. The maximum absolute atomic E-state index is 12.0. The highest BCUT2D eigenvalue weighted by Gasteiger charge is 2.27. The van der Waals surface area contributed by atoms with Crippen LogP contribution in [0.15, 0.2) is 30.3 Å². The Morgan fingerprint density at radius 1 is 1.39 bits per heavy atom. The molecular weight excluding hydrogens is 246 g/mol. The fourth-order valence-electron chi connectivity index (χ4n) is 1.67. The Kier molecular flexibility index (Phi) is 5.69. The average molecular weight is 267 g/mol. The Morgan fingerprint density at radius 3 is 2.50 bits per heavy atom. The van der Waals surface area contributed by atoms with Gasteiger partial charge in [-0.3, -0.25) is 4.79 Å². The van der Waals surface area contributed by atoms with Crippen LogP contribution in [0.2, 0.25) is 0 Å². The van der Waals surface area contributed by atoms with Crippen molar-refractivity contribution in [1.29, 1.82) is 0 Å². The highest BCUT2D eigenvalue weighted by atomic mass is 32.2. The van der Waals surface area contributed by atoms with Crippen molar-refractivity contribution >= 4 is 17.7 Å². The highest BCUT2D eigenvalue weighted by molar-refractivity contribution is 7.98. The van der Waals surface area contributed by atoms with Gasteiger partial charge in [-0.05, 0) is 44.4 Å². The van der Waals surface area contributed by atoms with Gasteiger partial charge < -0.3 is 10.4 Å². The van der Waals surface area contributed by atoms with Gasteiger partial charge in [-0.25, -0.2) is 0 Å². The number of amides is 1. The summed E-state index contributed by atoms with van der Waals surface area (Å²) < 4.78 is 0. The van der Waals surface area contributed by atoms with E-state index in [1.54, 1.807) is 37.7 Å². The quantitative estimate of drug-likeness (QED) is 0.831. The Morgan fingerprint density at radius 2 is 2.00 bits per heavy atom. The SMILES string of the molecule is CSCC[C@@H](NC(=O)c1ccccc1)C(C)(C)O. The van der Waals surface area contributed by atoms with Crippen LogP contribution in [-0.4, -0.2) is 34.7 Å². The summed E-state index contributed by atoms with van der Waals surface area (Å²) in [7, 11) is 0. The average Bonchev–Trinajstić information content (AvgIpc) is 2.34. The molecule has 0 radical (unpaired) electrons. The van der Waals surface area contributed by atoms with Gasteiger partial charge in [0, 0.05) is 5.56 Å². The summed E-state index contributed by atoms with van der Waals surface area (Å²) in [6.45, 7) is 3.45. The molecule has 3 nitrogen and oxygen atoms in total. The van der Waals surface area contributed by atoms with Gasteiger partial charge in [0.1, 0.15) is 0 Å². The number of hydrogen-bond acceptors (Lipinski definition) is 3. The van der Waals surface area contributed by atoms with Gasteiger partial charge in [0.15, 0.2) is 0 Å². The van der Waals surface area contributed by atoms with Crippen molar-refractivity contribution in [2.75, 3.05) is 12.0 Å². The normalized spacial score (nSPS) is 13.1. The Balaban J connectivity index is 2.69. The molecule has 0 aliphatic rings. The van der Waals surface area contributed by atoms with Crippen molar-refractivity contribution in [1.82, 2.24) is 5.32 Å². The van der Waals surface area contributed by atoms with Gasteiger partial charge in [-0.2, -0.15) is 11.8 Å². The minimum Gasteiger partial charge on any atom is -0.388 e. The lowest BCUT2D eigenvalue weighted by atomic mass is 9.96. The molecule has 0 aliphatic carbocycles. The van der Waals surface area contributed by atoms with E-state index in [-0.39, 0.29) is 11.9 Å². The summed E-state index contributed by atoms with van der Waals surface area (Å²) in [6.07, 6.45) is 2.77. The first-order valence-corrected chi connectivity index (χ1v) is 7.41. The van der Waals surface area contributed by atoms with Gasteiger partial charge in [0.25, 0.3) is 5.91 Å². The van der Waals surface area contributed by atoms with Crippen LogP contribution in [0.5, 0.6) is 0 Å². The molecule has 18 heavy (non-hydrogen) atoms. The molecular formula is C14H21NO2S. The van der Waals surface area contributed by atoms with Gasteiger partial charge in [-0.15, -0.1) is 0 Å². The van der Waals surface area contributed by atoms with E-state index in [1.807, 2.05) is 24.5 Å². The summed E-state index contributed by atoms with van der Waals surface area (Å²) in [5.41, 5.74) is -0.295. The molecule has 0 bridgehead atoms. The monoisotopic (exact) mass is 267 g/mol. The third kappa shape index (κ3) is 4.70. The zero-order valence-electron chi connectivity index (χ0n) is 11.1. The lowest BCUT2D eigenvalue weighted by Crippen LogP contribution is -2.49. The van der Waals surface area contributed by atoms with Gasteiger partial charge >= 0.3 is 0 Å². The molecule has 0 spiro atoms. The maximum Gasteiger partial charge on any atom is 0.251 e. The third-order valence-corrected chi connectivity index (χ3v) is 3.45. The number of thioether (sulfide) groups is 1. The lowest BCUT2D eigenvalue weighted by molar-refractivity contribution is 0.0341. The topological polar surface area (TPSA) is 49.3 Å². The Bertz CT molecular complexity index is 373. The van der Waals surface area contributed by atoms with E-state index in [0.29, 0.717) is 5.56 Å². The first kappa shape index (κ1) is 15.1. The smallest absolute Gasteiger partial charge is 0.251 e. The summed E-state index contributed by atoms with van der Waals surface area (Å²) in [5, 5.41) is 13.0. The van der Waals surface area contributed by atoms with Crippen molar-refractivity contribution in [3.63, 3.8) is 0 Å². The molecule has 1 atom stereocenters. The number of rotatable bonds is 6. The Labute approximate surface area is 113 Å². The third-order valence-electron chi connectivity index (χ3n) is 2.80. The van der Waals surface area contributed by atoms with Crippen molar-refractivity contribution in [2.24, 2.45) is 0 Å². The number of hydrogen-bond donors (Lipinski definition) is 2. The molecule has 0 aromatic heterocycles. The van der Waals surface area contributed by atoms with E-state index in [9.17, 15) is 9.90 Å². The van der Waals surface area contributed by atoms with Crippen LogP contribution < -0.4 is 5.32 Å². The zero-order chi connectivity index (χ0) is 13.6. The van der Waals surface area contributed by atoms with Crippen LogP contribution in [0, 0.1) is 0 Å². The highest BCUT2D eigenvalue weighted by Crippen LogP contribution is 2.15. The molecule has 1 aromatic carbocycles. The van der Waals surface area contributed by atoms with Crippen LogP contribution in [0.1, 0.15) is 30.6 Å². The molecule has 0 aliphatic heterocycles. The molecule has 2 N–H and O–H groups in total. The molecule has 100 valence electrons. The Hall–Kier alpha value is -1.00. The van der Waals surface area contributed by atoms with E-state index < -0.39 is 5.60 Å². The number of nitrogens with one attached hydrogen (secondary N) is 1. The summed E-state index contributed by atoms with van der Waals surface area (Å²) >= 11 is 1.71. The molecule has 0 fully saturated rings. The number of carbonyl (C=O) groups is 1. The van der Waals surface area contributed by atoms with Crippen LogP contribution in [-0.2, 0) is 0 Å². The van der Waals surface area contributed by atoms with Gasteiger partial charge in [-0.1, -0.05) is 18.2 Å². The zero-order valence-corrected chi connectivity index (χ0v) is 12.0. The number of benzene rings is 1. The van der Waals surface area contributed by atoms with Crippen LogP contribution in [0.25, 0.3) is 0 Å². The van der Waals surface area contributed by atoms with E-state index in [0.717, 1.165) is 12.2 Å². The predicted octanol–water partition coefficient (Wildman–Crippen LogP) is 2.31. The summed E-state index contributed by atoms with van der Waals surface area (Å²) in [6, 6.07) is 8.83. The number of aliphatic hydroxyl groups is 1. The standard InChI is InChI=1S/C14H21NO2S/c1-14(2,17)12(9-10-18-3)15-13(16)11-7-5-4-6-8-11/h4-8,12,17H,9-10H2,1-3H3,(H,15,16)/t12-/m1/s1. The van der Waals surface area contributed by atoms with Crippen LogP contribution in [0.3, 0.4) is 0 Å². The first-order chi connectivity index (χ1) is 8.45. The fraction of sp³-hybridized carbons (Fsp3) is 0.500. The second kappa shape index (κ2) is 6.81. The predicted molar refractivity (Wildman–Crippen MR) is 77.0 cm³/mol. The van der Waals surface area contributed by atoms with Crippen LogP contribution >= 0.6 is 11.8 Å². The second-order valence-electron chi connectivity index (χ2n) is 4.83. The van der Waals surface area contributed by atoms with E-state index >= 15 is 0 Å².